The topological polar surface area (TPSA) is 0 Å². The molecule has 0 fully saturated rings. The number of unbranched alkanes of at least 4 members (excludes halogenated alkanes) is 5. The number of hydrogen-bond donors (Lipinski definition) is 0. The Bertz CT molecular complexity index is 673. The number of benzene rings is 2. The van der Waals surface area contributed by atoms with E-state index in [1.165, 1.54) is 57.6 Å². The molecule has 0 bridgehead atoms. The van der Waals surface area contributed by atoms with Crippen LogP contribution >= 0.6 is 0 Å². The van der Waals surface area contributed by atoms with Gasteiger partial charge in [-0.2, -0.15) is 0 Å². The van der Waals surface area contributed by atoms with Gasteiger partial charge in [0.15, 0.2) is 7.14 Å². The first-order chi connectivity index (χ1) is 12.8. The zero-order chi connectivity index (χ0) is 21.2. The third kappa shape index (κ3) is 17.7. The van der Waals surface area contributed by atoms with Gasteiger partial charge >= 0.3 is 57.6 Å². The number of rotatable bonds is 9. The maximum atomic E-state index is 9.93. The molecule has 0 amide bonds. The molecule has 160 valence electrons. The normalized spacial score (nSPS) is 13.8. The van der Waals surface area contributed by atoms with Crippen LogP contribution in [0.5, 0.6) is 0 Å². The van der Waals surface area contributed by atoms with E-state index in [1.807, 2.05) is 0 Å². The second-order valence-electron chi connectivity index (χ2n) is 6.49. The van der Waals surface area contributed by atoms with E-state index in [0.29, 0.717) is 0 Å². The maximum absolute atomic E-state index is 11.2. The molecular formula is C20H26F6ISb. The summed E-state index contributed by atoms with van der Waals surface area (Å²) >= 11 is -11.3. The van der Waals surface area contributed by atoms with Crippen molar-refractivity contribution in [2.75, 3.05) is 0 Å². The summed E-state index contributed by atoms with van der Waals surface area (Å²) in [5.74, 6) is 0. The van der Waals surface area contributed by atoms with E-state index in [0.717, 1.165) is 0 Å². The van der Waals surface area contributed by atoms with E-state index in [9.17, 15) is 16.9 Å². The van der Waals surface area contributed by atoms with Crippen LogP contribution in [0.4, 0.5) is 16.9 Å². The molecule has 8 heteroatoms. The Morgan fingerprint density at radius 2 is 1.11 bits per heavy atom. The van der Waals surface area contributed by atoms with Gasteiger partial charge in [0, 0.05) is 0 Å². The molecule has 0 unspecified atom stereocenters. The van der Waals surface area contributed by atoms with Crippen molar-refractivity contribution in [3.63, 3.8) is 0 Å². The van der Waals surface area contributed by atoms with Crippen molar-refractivity contribution in [1.82, 2.24) is 0 Å². The molecule has 2 rings (SSSR count). The van der Waals surface area contributed by atoms with Crippen LogP contribution in [0.2, 0.25) is 0 Å². The quantitative estimate of drug-likeness (QED) is 0.161. The zero-order valence-electron chi connectivity index (χ0n) is 15.7. The van der Waals surface area contributed by atoms with Crippen molar-refractivity contribution in [1.29, 1.82) is 0 Å². The van der Waals surface area contributed by atoms with Crippen LogP contribution in [0, 0.1) is 7.14 Å². The van der Waals surface area contributed by atoms with Gasteiger partial charge in [-0.1, -0.05) is 69.4 Å². The SMILES string of the molecule is CCCCCCCCc1ccc([I+]c2ccccc2)cc1.[F][Sb-]([F])([F])([F])([F])[F]. The van der Waals surface area contributed by atoms with E-state index >= 15 is 0 Å². The van der Waals surface area contributed by atoms with Crippen LogP contribution in [0.25, 0.3) is 0 Å². The van der Waals surface area contributed by atoms with E-state index in [-0.39, 0.29) is 21.2 Å². The Morgan fingerprint density at radius 1 is 0.643 bits per heavy atom. The molecule has 0 saturated heterocycles. The number of halogens is 7. The van der Waals surface area contributed by atoms with Crippen LogP contribution in [0.1, 0.15) is 51.0 Å². The predicted molar refractivity (Wildman–Crippen MR) is 99.8 cm³/mol. The second-order valence-corrected chi connectivity index (χ2v) is 15.0. The molecular weight excluding hydrogens is 603 g/mol. The molecule has 0 aliphatic rings. The molecule has 0 aliphatic carbocycles. The van der Waals surface area contributed by atoms with E-state index in [2.05, 4.69) is 61.5 Å². The molecule has 0 saturated carbocycles. The van der Waals surface area contributed by atoms with Crippen LogP contribution in [0.15, 0.2) is 54.6 Å². The fourth-order valence-electron chi connectivity index (χ4n) is 2.43. The van der Waals surface area contributed by atoms with Gasteiger partial charge in [0.1, 0.15) is 0 Å². The summed E-state index contributed by atoms with van der Waals surface area (Å²) in [7, 11) is 0. The third-order valence-electron chi connectivity index (χ3n) is 3.68. The molecule has 0 radical (unpaired) electrons. The van der Waals surface area contributed by atoms with Gasteiger partial charge in [0.05, 0.1) is 0 Å². The minimum absolute atomic E-state index is 0.00814. The number of hydrogen-bond acceptors (Lipinski definition) is 0. The first-order valence-corrected chi connectivity index (χ1v) is 17.1. The van der Waals surface area contributed by atoms with Crippen molar-refractivity contribution in [2.45, 2.75) is 51.9 Å². The Morgan fingerprint density at radius 3 is 1.64 bits per heavy atom. The monoisotopic (exact) mass is 628 g/mol. The summed E-state index contributed by atoms with van der Waals surface area (Å²) in [5, 5.41) is 0. The molecule has 0 heterocycles. The standard InChI is InChI=1S/C20H26I.6FH.Sb/c1-2-3-4-5-6-8-11-18-14-16-20(17-15-18)21-19-12-9-7-10-13-19;;;;;;;/h7,9-10,12-17H,2-6,8,11H2,1H3;6*1H;/q+1;;;;;;;+5/p-6. The fraction of sp³-hybridized carbons (Fsp3) is 0.400. The number of aryl methyl sites for hydroxylation is 1. The molecule has 2 aromatic carbocycles. The third-order valence-corrected chi connectivity index (χ3v) is 6.37. The van der Waals surface area contributed by atoms with Gasteiger partial charge in [-0.05, 0) is 42.7 Å². The summed E-state index contributed by atoms with van der Waals surface area (Å²) in [6.45, 7) is 2.28. The van der Waals surface area contributed by atoms with Crippen molar-refractivity contribution >= 4 is 19.5 Å². The van der Waals surface area contributed by atoms with Crippen LogP contribution in [0.3, 0.4) is 0 Å². The van der Waals surface area contributed by atoms with Gasteiger partial charge in [-0.3, -0.25) is 0 Å². The predicted octanol–water partition coefficient (Wildman–Crippen LogP) is 4.86. The fourth-order valence-corrected chi connectivity index (χ4v) is 4.64. The van der Waals surface area contributed by atoms with Crippen molar-refractivity contribution in [3.05, 3.63) is 67.3 Å². The zero-order valence-corrected chi connectivity index (χ0v) is 20.4. The van der Waals surface area contributed by atoms with Gasteiger partial charge in [0.2, 0.25) is 0 Å². The first kappa shape index (κ1) is 25.6. The Balaban J connectivity index is 0.000000480. The average Bonchev–Trinajstić information content (AvgIpc) is 2.58. The van der Waals surface area contributed by atoms with Crippen molar-refractivity contribution in [2.24, 2.45) is 0 Å². The van der Waals surface area contributed by atoms with Gasteiger partial charge in [0.25, 0.3) is 0 Å². The molecule has 0 aromatic heterocycles. The summed E-state index contributed by atoms with van der Waals surface area (Å²) in [5.41, 5.74) is 1.51. The van der Waals surface area contributed by atoms with Gasteiger partial charge in [-0.15, -0.1) is 0 Å². The molecule has 0 N–H and O–H groups in total. The minimum atomic E-state index is -11.2. The molecule has 0 nitrogen and oxygen atoms in total. The molecule has 0 aliphatic heterocycles. The summed E-state index contributed by atoms with van der Waals surface area (Å²) in [6, 6.07) is 20.2. The molecule has 28 heavy (non-hydrogen) atoms. The van der Waals surface area contributed by atoms with E-state index in [4.69, 9.17) is 0 Å². The van der Waals surface area contributed by atoms with Gasteiger partial charge < -0.3 is 0 Å². The van der Waals surface area contributed by atoms with Crippen molar-refractivity contribution < 1.29 is 38.1 Å². The van der Waals surface area contributed by atoms with E-state index < -0.39 is 19.5 Å². The molecule has 2 aromatic rings. The molecule has 0 atom stereocenters. The molecule has 0 spiro atoms. The first-order valence-electron chi connectivity index (χ1n) is 9.18. The Kier molecular flexibility index (Phi) is 9.65. The van der Waals surface area contributed by atoms with Crippen molar-refractivity contribution in [3.8, 4) is 0 Å². The average molecular weight is 629 g/mol. The summed E-state index contributed by atoms with van der Waals surface area (Å²) in [6.07, 6.45) is 9.54. The summed E-state index contributed by atoms with van der Waals surface area (Å²) in [4.78, 5) is 0. The summed E-state index contributed by atoms with van der Waals surface area (Å²) < 4.78 is 62.6. The Labute approximate surface area is 175 Å². The van der Waals surface area contributed by atoms with Gasteiger partial charge in [-0.25, -0.2) is 0 Å². The second kappa shape index (κ2) is 10.6. The Hall–Kier alpha value is -0.432. The van der Waals surface area contributed by atoms with Crippen LogP contribution < -0.4 is 21.2 Å². The van der Waals surface area contributed by atoms with Crippen LogP contribution in [-0.4, -0.2) is 19.5 Å². The van der Waals surface area contributed by atoms with E-state index in [1.54, 1.807) is 0 Å². The van der Waals surface area contributed by atoms with Crippen LogP contribution in [-0.2, 0) is 6.42 Å².